The molecule has 0 bridgehead atoms. The van der Waals surface area contributed by atoms with Crippen molar-refractivity contribution in [3.8, 4) is 0 Å². The lowest BCUT2D eigenvalue weighted by Gasteiger charge is -2.30. The minimum atomic E-state index is -0.394. The van der Waals surface area contributed by atoms with E-state index in [0.29, 0.717) is 5.92 Å². The fourth-order valence-corrected chi connectivity index (χ4v) is 3.78. The molecular formula is C16H22BrNO. The third kappa shape index (κ3) is 3.21. The average Bonchev–Trinajstić information content (AvgIpc) is 3.08. The largest absolute Gasteiger partial charge is 0.390 e. The summed E-state index contributed by atoms with van der Waals surface area (Å²) in [4.78, 5) is 2.40. The smallest absolute Gasteiger partial charge is 0.0690 e. The number of likely N-dealkylation sites (tertiary alicyclic amines) is 1. The Balaban J connectivity index is 1.72. The molecule has 1 aromatic rings. The Morgan fingerprint density at radius 2 is 2.00 bits per heavy atom. The minimum absolute atomic E-state index is 0.394. The van der Waals surface area contributed by atoms with Gasteiger partial charge in [-0.05, 0) is 68.9 Å². The van der Waals surface area contributed by atoms with E-state index in [1.807, 2.05) is 0 Å². The molecule has 2 nitrogen and oxygen atoms in total. The molecule has 3 heteroatoms. The number of nitrogens with zero attached hydrogens (tertiary/aromatic N) is 1. The van der Waals surface area contributed by atoms with Crippen LogP contribution in [0, 0.1) is 0 Å². The zero-order valence-electron chi connectivity index (χ0n) is 11.5. The van der Waals surface area contributed by atoms with Gasteiger partial charge in [0.25, 0.3) is 0 Å². The molecule has 1 saturated heterocycles. The predicted molar refractivity (Wildman–Crippen MR) is 81.5 cm³/mol. The Morgan fingerprint density at radius 3 is 2.58 bits per heavy atom. The zero-order valence-corrected chi connectivity index (χ0v) is 13.1. The highest BCUT2D eigenvalue weighted by atomic mass is 79.9. The second-order valence-corrected chi connectivity index (χ2v) is 7.19. The molecule has 1 aliphatic carbocycles. The third-order valence-electron chi connectivity index (χ3n) is 4.58. The van der Waals surface area contributed by atoms with E-state index in [1.54, 1.807) is 0 Å². The van der Waals surface area contributed by atoms with Gasteiger partial charge in [-0.3, -0.25) is 0 Å². The van der Waals surface area contributed by atoms with Crippen LogP contribution in [-0.4, -0.2) is 35.7 Å². The molecule has 1 heterocycles. The summed E-state index contributed by atoms with van der Waals surface area (Å²) in [5, 5.41) is 10.00. The second kappa shape index (κ2) is 5.19. The van der Waals surface area contributed by atoms with Crippen LogP contribution in [0.5, 0.6) is 0 Å². The lowest BCUT2D eigenvalue weighted by Crippen LogP contribution is -2.29. The van der Waals surface area contributed by atoms with E-state index in [0.717, 1.165) is 19.3 Å². The van der Waals surface area contributed by atoms with Crippen LogP contribution in [0.3, 0.4) is 0 Å². The van der Waals surface area contributed by atoms with E-state index in [9.17, 15) is 5.11 Å². The van der Waals surface area contributed by atoms with E-state index < -0.39 is 5.60 Å². The van der Waals surface area contributed by atoms with Crippen molar-refractivity contribution < 1.29 is 5.11 Å². The first-order valence-corrected chi connectivity index (χ1v) is 8.04. The molecule has 19 heavy (non-hydrogen) atoms. The maximum Gasteiger partial charge on any atom is 0.0690 e. The summed E-state index contributed by atoms with van der Waals surface area (Å²) in [5.41, 5.74) is 2.30. The number of halogens is 1. The molecule has 3 rings (SSSR count). The summed E-state index contributed by atoms with van der Waals surface area (Å²) in [6.07, 6.45) is 5.22. The maximum atomic E-state index is 10.00. The minimum Gasteiger partial charge on any atom is -0.390 e. The van der Waals surface area contributed by atoms with Crippen molar-refractivity contribution in [1.82, 2.24) is 4.90 Å². The van der Waals surface area contributed by atoms with Gasteiger partial charge in [0.2, 0.25) is 0 Å². The molecule has 104 valence electrons. The SMILES string of the molecule is CN1CCC(c2ccc(CC3(O)CC3)cc2Br)CC1. The van der Waals surface area contributed by atoms with Crippen molar-refractivity contribution in [3.63, 3.8) is 0 Å². The summed E-state index contributed by atoms with van der Waals surface area (Å²) >= 11 is 3.73. The van der Waals surface area contributed by atoms with E-state index >= 15 is 0 Å². The molecule has 0 aromatic heterocycles. The van der Waals surface area contributed by atoms with Gasteiger partial charge in [-0.2, -0.15) is 0 Å². The molecule has 1 aromatic carbocycles. The van der Waals surface area contributed by atoms with Gasteiger partial charge in [-0.25, -0.2) is 0 Å². The van der Waals surface area contributed by atoms with Crippen LogP contribution >= 0.6 is 15.9 Å². The van der Waals surface area contributed by atoms with Crippen LogP contribution in [0.1, 0.15) is 42.7 Å². The number of hydrogen-bond acceptors (Lipinski definition) is 2. The second-order valence-electron chi connectivity index (χ2n) is 6.33. The van der Waals surface area contributed by atoms with Gasteiger partial charge in [0.15, 0.2) is 0 Å². The molecule has 0 radical (unpaired) electrons. The maximum absolute atomic E-state index is 10.00. The molecule has 1 aliphatic heterocycles. The monoisotopic (exact) mass is 323 g/mol. The number of benzene rings is 1. The fourth-order valence-electron chi connectivity index (χ4n) is 3.03. The lowest BCUT2D eigenvalue weighted by atomic mass is 9.89. The van der Waals surface area contributed by atoms with Crippen LogP contribution in [-0.2, 0) is 6.42 Å². The Morgan fingerprint density at radius 1 is 1.32 bits per heavy atom. The normalized spacial score (nSPS) is 23.5. The van der Waals surface area contributed by atoms with Crippen LogP contribution in [0.2, 0.25) is 0 Å². The summed E-state index contributed by atoms with van der Waals surface area (Å²) in [6, 6.07) is 6.68. The summed E-state index contributed by atoms with van der Waals surface area (Å²) in [5.74, 6) is 0.684. The summed E-state index contributed by atoms with van der Waals surface area (Å²) in [6.45, 7) is 2.39. The highest BCUT2D eigenvalue weighted by Gasteiger charge is 2.40. The first-order chi connectivity index (χ1) is 9.06. The number of hydrogen-bond donors (Lipinski definition) is 1. The van der Waals surface area contributed by atoms with Crippen LogP contribution in [0.15, 0.2) is 22.7 Å². The first kappa shape index (κ1) is 13.6. The van der Waals surface area contributed by atoms with Gasteiger partial charge in [-0.15, -0.1) is 0 Å². The fraction of sp³-hybridized carbons (Fsp3) is 0.625. The van der Waals surface area contributed by atoms with Crippen molar-refractivity contribution in [3.05, 3.63) is 33.8 Å². The van der Waals surface area contributed by atoms with Gasteiger partial charge in [-0.1, -0.05) is 28.1 Å². The average molecular weight is 324 g/mol. The first-order valence-electron chi connectivity index (χ1n) is 7.25. The Bertz CT molecular complexity index is 462. The Hall–Kier alpha value is -0.380. The van der Waals surface area contributed by atoms with Crippen molar-refractivity contribution in [2.24, 2.45) is 0 Å². The third-order valence-corrected chi connectivity index (χ3v) is 5.27. The standard InChI is InChI=1S/C16H22BrNO/c1-18-8-4-13(5-9-18)14-3-2-12(10-15(14)17)11-16(19)6-7-16/h2-3,10,13,19H,4-9,11H2,1H3. The number of piperidine rings is 1. The molecule has 1 saturated carbocycles. The molecule has 2 fully saturated rings. The zero-order chi connectivity index (χ0) is 13.5. The van der Waals surface area contributed by atoms with Crippen molar-refractivity contribution in [2.75, 3.05) is 20.1 Å². The van der Waals surface area contributed by atoms with Gasteiger partial charge in [0.05, 0.1) is 5.60 Å². The highest BCUT2D eigenvalue weighted by Crippen LogP contribution is 2.39. The van der Waals surface area contributed by atoms with Crippen LogP contribution < -0.4 is 0 Å². The molecular weight excluding hydrogens is 302 g/mol. The summed E-state index contributed by atoms with van der Waals surface area (Å²) < 4.78 is 1.23. The molecule has 0 spiro atoms. The van der Waals surface area contributed by atoms with Gasteiger partial charge < -0.3 is 10.0 Å². The van der Waals surface area contributed by atoms with E-state index in [1.165, 1.54) is 41.5 Å². The summed E-state index contributed by atoms with van der Waals surface area (Å²) in [7, 11) is 2.20. The van der Waals surface area contributed by atoms with Gasteiger partial charge >= 0.3 is 0 Å². The predicted octanol–water partition coefficient (Wildman–Crippen LogP) is 3.33. The van der Waals surface area contributed by atoms with E-state index in [4.69, 9.17) is 0 Å². The molecule has 0 amide bonds. The molecule has 0 atom stereocenters. The number of rotatable bonds is 3. The van der Waals surface area contributed by atoms with Gasteiger partial charge in [0.1, 0.15) is 0 Å². The quantitative estimate of drug-likeness (QED) is 0.922. The Kier molecular flexibility index (Phi) is 3.71. The van der Waals surface area contributed by atoms with Gasteiger partial charge in [0, 0.05) is 10.9 Å². The van der Waals surface area contributed by atoms with Crippen molar-refractivity contribution >= 4 is 15.9 Å². The topological polar surface area (TPSA) is 23.5 Å². The van der Waals surface area contributed by atoms with Crippen LogP contribution in [0.25, 0.3) is 0 Å². The van der Waals surface area contributed by atoms with E-state index in [-0.39, 0.29) is 0 Å². The molecule has 0 unspecified atom stereocenters. The highest BCUT2D eigenvalue weighted by molar-refractivity contribution is 9.10. The number of aliphatic hydroxyl groups is 1. The van der Waals surface area contributed by atoms with Crippen LogP contribution in [0.4, 0.5) is 0 Å². The van der Waals surface area contributed by atoms with Crippen molar-refractivity contribution in [1.29, 1.82) is 0 Å². The lowest BCUT2D eigenvalue weighted by molar-refractivity contribution is 0.151. The molecule has 1 N–H and O–H groups in total. The van der Waals surface area contributed by atoms with Crippen molar-refractivity contribution in [2.45, 2.75) is 43.6 Å². The van der Waals surface area contributed by atoms with E-state index in [2.05, 4.69) is 46.1 Å². The Labute approximate surface area is 123 Å². The molecule has 2 aliphatic rings.